The lowest BCUT2D eigenvalue weighted by atomic mass is 9.57. The van der Waals surface area contributed by atoms with Gasteiger partial charge in [-0.1, -0.05) is 42.0 Å². The number of nitrogens with one attached hydrogen (secondary N) is 2. The predicted octanol–water partition coefficient (Wildman–Crippen LogP) is 4.38. The largest absolute Gasteiger partial charge is 0.325 e. The summed E-state index contributed by atoms with van der Waals surface area (Å²) < 4.78 is 0. The zero-order valence-corrected chi connectivity index (χ0v) is 20.4. The molecule has 2 aromatic carbocycles. The maximum absolute atomic E-state index is 14.4. The molecule has 2 amide bonds. The fourth-order valence-corrected chi connectivity index (χ4v) is 8.31. The molecule has 35 heavy (non-hydrogen) atoms. The maximum Gasteiger partial charge on any atom is 0.251 e. The third-order valence-corrected chi connectivity index (χ3v) is 9.48. The lowest BCUT2D eigenvalue weighted by Crippen LogP contribution is -2.62. The number of hydrogen-bond donors (Lipinski definition) is 2. The Hall–Kier alpha value is -3.29. The molecule has 7 rings (SSSR count). The molecule has 176 valence electrons. The SMILES string of the molecule is Cc1cc(C)c2c(c1)[C@]1(C(=O)N2)N2CCC[C@@H]2[C@@H](C(=O)c2cccs2)[C@]12C(=O)Nc1ccccc12. The van der Waals surface area contributed by atoms with Crippen molar-refractivity contribution in [3.8, 4) is 0 Å². The van der Waals surface area contributed by atoms with E-state index in [1.54, 1.807) is 0 Å². The first-order chi connectivity index (χ1) is 16.9. The fraction of sp³-hybridized carbons (Fsp3) is 0.321. The molecule has 2 spiro atoms. The third kappa shape index (κ3) is 2.27. The molecule has 2 N–H and O–H groups in total. The van der Waals surface area contributed by atoms with E-state index in [0.717, 1.165) is 40.8 Å². The molecule has 0 radical (unpaired) electrons. The van der Waals surface area contributed by atoms with E-state index in [0.29, 0.717) is 17.1 Å². The lowest BCUT2D eigenvalue weighted by Gasteiger charge is -2.43. The average Bonchev–Trinajstić information content (AvgIpc) is 3.62. The fourth-order valence-electron chi connectivity index (χ4n) is 7.61. The summed E-state index contributed by atoms with van der Waals surface area (Å²) in [7, 11) is 0. The van der Waals surface area contributed by atoms with Crippen LogP contribution in [0.3, 0.4) is 0 Å². The standard InChI is InChI=1S/C28H25N3O3S/c1-15-13-16(2)23-18(14-15)28(26(34)30-23)27(17-7-3-4-8-19(17)29-25(27)33)22(20-9-5-11-31(20)28)24(32)21-10-6-12-35-21/h3-4,6-8,10,12-14,20,22H,5,9,11H2,1-2H3,(H,29,33)(H,30,34)/t20-,22+,27-,28-/m1/s1. The number of hydrogen-bond acceptors (Lipinski definition) is 5. The van der Waals surface area contributed by atoms with Crippen LogP contribution in [0.2, 0.25) is 0 Å². The van der Waals surface area contributed by atoms with Gasteiger partial charge in [0.05, 0.1) is 10.8 Å². The number of thiophene rings is 1. The number of anilines is 2. The van der Waals surface area contributed by atoms with Crippen molar-refractivity contribution < 1.29 is 14.4 Å². The Labute approximate surface area is 207 Å². The van der Waals surface area contributed by atoms with Crippen LogP contribution in [0.1, 0.15) is 44.8 Å². The minimum atomic E-state index is -1.37. The Balaban J connectivity index is 1.63. The van der Waals surface area contributed by atoms with E-state index in [4.69, 9.17) is 0 Å². The highest BCUT2D eigenvalue weighted by Crippen LogP contribution is 2.68. The molecule has 0 aliphatic carbocycles. The molecule has 2 fully saturated rings. The van der Waals surface area contributed by atoms with Crippen molar-refractivity contribution >= 4 is 40.3 Å². The summed E-state index contributed by atoms with van der Waals surface area (Å²) in [5.41, 5.74) is 2.36. The molecule has 4 aliphatic heterocycles. The van der Waals surface area contributed by atoms with Crippen LogP contribution in [0.4, 0.5) is 11.4 Å². The highest BCUT2D eigenvalue weighted by molar-refractivity contribution is 7.12. The molecule has 0 bridgehead atoms. The number of aryl methyl sites for hydroxylation is 2. The molecule has 7 heteroatoms. The Morgan fingerprint density at radius 1 is 1.03 bits per heavy atom. The Bertz CT molecular complexity index is 1450. The zero-order chi connectivity index (χ0) is 24.1. The van der Waals surface area contributed by atoms with Gasteiger partial charge >= 0.3 is 0 Å². The average molecular weight is 484 g/mol. The van der Waals surface area contributed by atoms with Crippen molar-refractivity contribution in [3.63, 3.8) is 0 Å². The van der Waals surface area contributed by atoms with Crippen LogP contribution in [-0.4, -0.2) is 35.1 Å². The number of carbonyl (C=O) groups is 3. The summed E-state index contributed by atoms with van der Waals surface area (Å²) >= 11 is 1.40. The van der Waals surface area contributed by atoms with Crippen molar-refractivity contribution in [1.29, 1.82) is 0 Å². The third-order valence-electron chi connectivity index (χ3n) is 8.59. The normalized spacial score (nSPS) is 30.5. The van der Waals surface area contributed by atoms with E-state index in [2.05, 4.69) is 21.6 Å². The van der Waals surface area contributed by atoms with Gasteiger partial charge in [0, 0.05) is 23.0 Å². The van der Waals surface area contributed by atoms with Crippen molar-refractivity contribution in [3.05, 3.63) is 81.0 Å². The number of rotatable bonds is 2. The molecule has 0 saturated carbocycles. The van der Waals surface area contributed by atoms with Crippen molar-refractivity contribution in [2.75, 3.05) is 17.2 Å². The number of nitrogens with zero attached hydrogens (tertiary/aromatic N) is 1. The molecule has 3 aromatic rings. The Morgan fingerprint density at radius 3 is 2.66 bits per heavy atom. The van der Waals surface area contributed by atoms with Crippen molar-refractivity contribution in [2.24, 2.45) is 5.92 Å². The summed E-state index contributed by atoms with van der Waals surface area (Å²) in [4.78, 5) is 45.9. The van der Waals surface area contributed by atoms with Gasteiger partial charge in [0.15, 0.2) is 5.78 Å². The molecule has 4 aliphatic rings. The predicted molar refractivity (Wildman–Crippen MR) is 135 cm³/mol. The number of para-hydroxylation sites is 1. The lowest BCUT2D eigenvalue weighted by molar-refractivity contribution is -0.137. The van der Waals surface area contributed by atoms with E-state index >= 15 is 0 Å². The Kier molecular flexibility index (Phi) is 4.14. The summed E-state index contributed by atoms with van der Waals surface area (Å²) in [5.74, 6) is -1.19. The summed E-state index contributed by atoms with van der Waals surface area (Å²) in [6.45, 7) is 4.67. The van der Waals surface area contributed by atoms with Crippen LogP contribution in [0.5, 0.6) is 0 Å². The summed E-state index contributed by atoms with van der Waals surface area (Å²) in [6.07, 6.45) is 1.65. The van der Waals surface area contributed by atoms with E-state index in [1.165, 1.54) is 11.3 Å². The van der Waals surface area contributed by atoms with E-state index < -0.39 is 16.9 Å². The van der Waals surface area contributed by atoms with Gasteiger partial charge in [-0.05, 0) is 61.9 Å². The quantitative estimate of drug-likeness (QED) is 0.531. The number of amides is 2. The van der Waals surface area contributed by atoms with E-state index in [-0.39, 0.29) is 23.6 Å². The van der Waals surface area contributed by atoms with Crippen LogP contribution in [0.15, 0.2) is 53.9 Å². The van der Waals surface area contributed by atoms with Crippen molar-refractivity contribution in [1.82, 2.24) is 4.90 Å². The zero-order valence-electron chi connectivity index (χ0n) is 19.6. The number of benzene rings is 2. The number of ketones is 1. The first-order valence-electron chi connectivity index (χ1n) is 12.1. The molecule has 6 nitrogen and oxygen atoms in total. The highest BCUT2D eigenvalue weighted by atomic mass is 32.1. The van der Waals surface area contributed by atoms with Gasteiger partial charge in [-0.3, -0.25) is 19.3 Å². The van der Waals surface area contributed by atoms with Crippen LogP contribution in [-0.2, 0) is 20.5 Å². The number of carbonyl (C=O) groups excluding carboxylic acids is 3. The van der Waals surface area contributed by atoms with Gasteiger partial charge in [0.1, 0.15) is 11.0 Å². The first kappa shape index (κ1) is 21.0. The monoisotopic (exact) mass is 483 g/mol. The van der Waals surface area contributed by atoms with Gasteiger partial charge in [0.25, 0.3) is 5.91 Å². The molecule has 0 unspecified atom stereocenters. The van der Waals surface area contributed by atoms with E-state index in [1.807, 2.05) is 61.7 Å². The topological polar surface area (TPSA) is 78.5 Å². The maximum atomic E-state index is 14.4. The molecular formula is C28H25N3O3S. The van der Waals surface area contributed by atoms with E-state index in [9.17, 15) is 14.4 Å². The van der Waals surface area contributed by atoms with Gasteiger partial charge in [-0.25, -0.2) is 0 Å². The number of Topliss-reactive ketones (excluding diaryl/α,β-unsaturated/α-hetero) is 1. The number of fused-ring (bicyclic) bond motifs is 7. The minimum Gasteiger partial charge on any atom is -0.325 e. The molecular weight excluding hydrogens is 458 g/mol. The minimum absolute atomic E-state index is 0.0498. The second kappa shape index (κ2) is 6.89. The molecule has 1 aromatic heterocycles. The molecule has 2 saturated heterocycles. The van der Waals surface area contributed by atoms with Gasteiger partial charge in [0.2, 0.25) is 5.91 Å². The van der Waals surface area contributed by atoms with Crippen molar-refractivity contribution in [2.45, 2.75) is 43.7 Å². The van der Waals surface area contributed by atoms with Crippen LogP contribution >= 0.6 is 11.3 Å². The highest BCUT2D eigenvalue weighted by Gasteiger charge is 2.81. The second-order valence-electron chi connectivity index (χ2n) is 10.2. The second-order valence-corrected chi connectivity index (χ2v) is 11.1. The van der Waals surface area contributed by atoms with Gasteiger partial charge < -0.3 is 10.6 Å². The van der Waals surface area contributed by atoms with Gasteiger partial charge in [-0.2, -0.15) is 0 Å². The molecule has 5 heterocycles. The molecule has 4 atom stereocenters. The van der Waals surface area contributed by atoms with Crippen LogP contribution < -0.4 is 10.6 Å². The first-order valence-corrected chi connectivity index (χ1v) is 13.0. The van der Waals surface area contributed by atoms with Crippen LogP contribution in [0, 0.1) is 19.8 Å². The van der Waals surface area contributed by atoms with Gasteiger partial charge in [-0.15, -0.1) is 11.3 Å². The smallest absolute Gasteiger partial charge is 0.251 e. The summed E-state index contributed by atoms with van der Waals surface area (Å²) in [5, 5.41) is 8.15. The summed E-state index contributed by atoms with van der Waals surface area (Å²) in [6, 6.07) is 15.2. The Morgan fingerprint density at radius 2 is 1.86 bits per heavy atom. The van der Waals surface area contributed by atoms with Crippen LogP contribution in [0.25, 0.3) is 0 Å².